The standard InChI is InChI=1S/C13H14ClN3/c1-9-10(2)17-13(14)7-12(9)16-8-11-3-5-15-6-4-11/h3-7H,8H2,1-2H3,(H,16,17). The lowest BCUT2D eigenvalue weighted by Gasteiger charge is -2.11. The first-order valence-electron chi connectivity index (χ1n) is 5.43. The van der Waals surface area contributed by atoms with Gasteiger partial charge in [0.25, 0.3) is 0 Å². The second-order valence-corrected chi connectivity index (χ2v) is 4.30. The average Bonchev–Trinajstić information content (AvgIpc) is 2.33. The largest absolute Gasteiger partial charge is 0.381 e. The molecule has 4 heteroatoms. The number of pyridine rings is 2. The number of aryl methyl sites for hydroxylation is 1. The Bertz CT molecular complexity index is 512. The smallest absolute Gasteiger partial charge is 0.131 e. The molecular weight excluding hydrogens is 234 g/mol. The van der Waals surface area contributed by atoms with Gasteiger partial charge in [-0.15, -0.1) is 0 Å². The Hall–Kier alpha value is -1.61. The van der Waals surface area contributed by atoms with Crippen molar-refractivity contribution in [3.63, 3.8) is 0 Å². The van der Waals surface area contributed by atoms with Crippen molar-refractivity contribution in [1.29, 1.82) is 0 Å². The van der Waals surface area contributed by atoms with Crippen LogP contribution in [0, 0.1) is 13.8 Å². The molecule has 0 saturated carbocycles. The van der Waals surface area contributed by atoms with Gasteiger partial charge in [0.2, 0.25) is 0 Å². The third-order valence-electron chi connectivity index (χ3n) is 2.72. The maximum atomic E-state index is 5.94. The zero-order valence-electron chi connectivity index (χ0n) is 9.87. The molecule has 2 aromatic heterocycles. The summed E-state index contributed by atoms with van der Waals surface area (Å²) in [6.07, 6.45) is 3.57. The molecule has 88 valence electrons. The number of rotatable bonds is 3. The molecule has 0 bridgehead atoms. The second-order valence-electron chi connectivity index (χ2n) is 3.91. The van der Waals surface area contributed by atoms with Crippen LogP contribution < -0.4 is 5.32 Å². The van der Waals surface area contributed by atoms with Crippen molar-refractivity contribution in [2.24, 2.45) is 0 Å². The van der Waals surface area contributed by atoms with E-state index in [0.717, 1.165) is 23.5 Å². The van der Waals surface area contributed by atoms with Crippen LogP contribution in [0.15, 0.2) is 30.6 Å². The molecule has 0 amide bonds. The topological polar surface area (TPSA) is 37.8 Å². The van der Waals surface area contributed by atoms with Gasteiger partial charge in [0, 0.05) is 30.3 Å². The van der Waals surface area contributed by atoms with E-state index in [2.05, 4.69) is 15.3 Å². The number of hydrogen-bond donors (Lipinski definition) is 1. The summed E-state index contributed by atoms with van der Waals surface area (Å²) < 4.78 is 0. The highest BCUT2D eigenvalue weighted by atomic mass is 35.5. The Balaban J connectivity index is 2.14. The molecule has 2 aromatic rings. The van der Waals surface area contributed by atoms with Crippen LogP contribution in [0.5, 0.6) is 0 Å². The highest BCUT2D eigenvalue weighted by molar-refractivity contribution is 6.29. The van der Waals surface area contributed by atoms with Gasteiger partial charge >= 0.3 is 0 Å². The molecule has 0 aromatic carbocycles. The Morgan fingerprint density at radius 1 is 1.24 bits per heavy atom. The first-order valence-corrected chi connectivity index (χ1v) is 5.81. The van der Waals surface area contributed by atoms with Crippen molar-refractivity contribution in [3.8, 4) is 0 Å². The van der Waals surface area contributed by atoms with Crippen molar-refractivity contribution in [1.82, 2.24) is 9.97 Å². The van der Waals surface area contributed by atoms with Crippen LogP contribution in [-0.4, -0.2) is 9.97 Å². The number of anilines is 1. The summed E-state index contributed by atoms with van der Waals surface area (Å²) in [4.78, 5) is 8.19. The zero-order chi connectivity index (χ0) is 12.3. The highest BCUT2D eigenvalue weighted by Gasteiger charge is 2.04. The zero-order valence-corrected chi connectivity index (χ0v) is 10.6. The van der Waals surface area contributed by atoms with E-state index >= 15 is 0 Å². The molecule has 0 aliphatic carbocycles. The first-order chi connectivity index (χ1) is 8.16. The highest BCUT2D eigenvalue weighted by Crippen LogP contribution is 2.21. The van der Waals surface area contributed by atoms with Crippen LogP contribution in [-0.2, 0) is 6.54 Å². The maximum Gasteiger partial charge on any atom is 0.131 e. The van der Waals surface area contributed by atoms with E-state index in [1.807, 2.05) is 32.0 Å². The van der Waals surface area contributed by atoms with Crippen molar-refractivity contribution in [2.45, 2.75) is 20.4 Å². The summed E-state index contributed by atoms with van der Waals surface area (Å²) in [6, 6.07) is 5.82. The molecule has 0 fully saturated rings. The van der Waals surface area contributed by atoms with E-state index < -0.39 is 0 Å². The lowest BCUT2D eigenvalue weighted by Crippen LogP contribution is -2.03. The summed E-state index contributed by atoms with van der Waals surface area (Å²) in [5.41, 5.74) is 4.29. The van der Waals surface area contributed by atoms with Gasteiger partial charge in [0.1, 0.15) is 5.15 Å². The lowest BCUT2D eigenvalue weighted by molar-refractivity contribution is 1.09. The predicted molar refractivity (Wildman–Crippen MR) is 70.3 cm³/mol. The number of nitrogens with one attached hydrogen (secondary N) is 1. The molecule has 2 heterocycles. The summed E-state index contributed by atoms with van der Waals surface area (Å²) >= 11 is 5.94. The van der Waals surface area contributed by atoms with E-state index in [0.29, 0.717) is 5.15 Å². The Kier molecular flexibility index (Phi) is 3.59. The minimum Gasteiger partial charge on any atom is -0.381 e. The summed E-state index contributed by atoms with van der Waals surface area (Å²) in [5, 5.41) is 3.88. The fourth-order valence-corrected chi connectivity index (χ4v) is 1.82. The Morgan fingerprint density at radius 3 is 2.65 bits per heavy atom. The van der Waals surface area contributed by atoms with Gasteiger partial charge in [-0.1, -0.05) is 11.6 Å². The molecule has 3 nitrogen and oxygen atoms in total. The van der Waals surface area contributed by atoms with Crippen LogP contribution in [0.4, 0.5) is 5.69 Å². The fourth-order valence-electron chi connectivity index (χ4n) is 1.58. The molecule has 0 radical (unpaired) electrons. The minimum absolute atomic E-state index is 0.519. The number of aromatic nitrogens is 2. The van der Waals surface area contributed by atoms with Gasteiger partial charge in [-0.25, -0.2) is 4.98 Å². The van der Waals surface area contributed by atoms with Gasteiger partial charge in [0.05, 0.1) is 0 Å². The van der Waals surface area contributed by atoms with Crippen LogP contribution in [0.1, 0.15) is 16.8 Å². The van der Waals surface area contributed by atoms with Crippen molar-refractivity contribution >= 4 is 17.3 Å². The van der Waals surface area contributed by atoms with Gasteiger partial charge in [-0.05, 0) is 43.2 Å². The van der Waals surface area contributed by atoms with Crippen LogP contribution in [0.25, 0.3) is 0 Å². The number of nitrogens with zero attached hydrogens (tertiary/aromatic N) is 2. The van der Waals surface area contributed by atoms with E-state index in [-0.39, 0.29) is 0 Å². The molecule has 2 rings (SSSR count). The van der Waals surface area contributed by atoms with E-state index in [4.69, 9.17) is 11.6 Å². The number of halogens is 1. The van der Waals surface area contributed by atoms with E-state index in [9.17, 15) is 0 Å². The summed E-state index contributed by atoms with van der Waals surface area (Å²) in [6.45, 7) is 4.75. The van der Waals surface area contributed by atoms with E-state index in [1.54, 1.807) is 12.4 Å². The molecule has 0 spiro atoms. The van der Waals surface area contributed by atoms with Crippen LogP contribution >= 0.6 is 11.6 Å². The average molecular weight is 248 g/mol. The van der Waals surface area contributed by atoms with Crippen molar-refractivity contribution < 1.29 is 0 Å². The lowest BCUT2D eigenvalue weighted by atomic mass is 10.2. The van der Waals surface area contributed by atoms with Crippen LogP contribution in [0.3, 0.4) is 0 Å². The Labute approximate surface area is 106 Å². The normalized spacial score (nSPS) is 10.3. The molecule has 17 heavy (non-hydrogen) atoms. The van der Waals surface area contributed by atoms with Crippen molar-refractivity contribution in [2.75, 3.05) is 5.32 Å². The molecule has 0 aliphatic heterocycles. The van der Waals surface area contributed by atoms with Gasteiger partial charge < -0.3 is 5.32 Å². The molecule has 0 saturated heterocycles. The second kappa shape index (κ2) is 5.15. The minimum atomic E-state index is 0.519. The monoisotopic (exact) mass is 247 g/mol. The molecule has 0 atom stereocenters. The predicted octanol–water partition coefficient (Wildman–Crippen LogP) is 3.36. The fraction of sp³-hybridized carbons (Fsp3) is 0.231. The third-order valence-corrected chi connectivity index (χ3v) is 2.91. The molecule has 1 N–H and O–H groups in total. The van der Waals surface area contributed by atoms with E-state index in [1.165, 1.54) is 5.56 Å². The van der Waals surface area contributed by atoms with Gasteiger partial charge in [-0.2, -0.15) is 0 Å². The van der Waals surface area contributed by atoms with Crippen molar-refractivity contribution in [3.05, 3.63) is 52.6 Å². The molecule has 0 unspecified atom stereocenters. The summed E-state index contributed by atoms with van der Waals surface area (Å²) in [7, 11) is 0. The van der Waals surface area contributed by atoms with Gasteiger partial charge in [0.15, 0.2) is 0 Å². The molecular formula is C13H14ClN3. The van der Waals surface area contributed by atoms with Crippen LogP contribution in [0.2, 0.25) is 5.15 Å². The Morgan fingerprint density at radius 2 is 1.94 bits per heavy atom. The summed E-state index contributed by atoms with van der Waals surface area (Å²) in [5.74, 6) is 0. The maximum absolute atomic E-state index is 5.94. The third kappa shape index (κ3) is 2.94. The quantitative estimate of drug-likeness (QED) is 0.846. The number of hydrogen-bond acceptors (Lipinski definition) is 3. The molecule has 0 aliphatic rings. The van der Waals surface area contributed by atoms with Gasteiger partial charge in [-0.3, -0.25) is 4.98 Å². The first kappa shape index (κ1) is 11.9. The SMILES string of the molecule is Cc1nc(Cl)cc(NCc2ccncc2)c1C.